The Morgan fingerprint density at radius 3 is 2.74 bits per heavy atom. The van der Waals surface area contributed by atoms with Gasteiger partial charge in [0.2, 0.25) is 0 Å². The Bertz CT molecular complexity index is 404. The zero-order valence-corrected chi connectivity index (χ0v) is 12.0. The molecule has 0 aromatic rings. The van der Waals surface area contributed by atoms with Crippen molar-refractivity contribution in [2.75, 3.05) is 24.6 Å². The number of rotatable bonds is 3. The molecule has 2 fully saturated rings. The van der Waals surface area contributed by atoms with Gasteiger partial charge < -0.3 is 16.0 Å². The molecule has 2 aliphatic heterocycles. The first-order valence-electron chi connectivity index (χ1n) is 7.03. The van der Waals surface area contributed by atoms with Crippen LogP contribution in [0.1, 0.15) is 32.1 Å². The summed E-state index contributed by atoms with van der Waals surface area (Å²) in [5.41, 5.74) is 0. The van der Waals surface area contributed by atoms with Gasteiger partial charge in [0.15, 0.2) is 9.84 Å². The van der Waals surface area contributed by atoms with E-state index < -0.39 is 9.84 Å². The quantitative estimate of drug-likeness (QED) is 0.683. The van der Waals surface area contributed by atoms with E-state index in [4.69, 9.17) is 0 Å². The van der Waals surface area contributed by atoms with E-state index in [1.54, 1.807) is 0 Å². The monoisotopic (exact) mass is 289 g/mol. The van der Waals surface area contributed by atoms with Crippen molar-refractivity contribution in [3.8, 4) is 0 Å². The third-order valence-corrected chi connectivity index (χ3v) is 5.54. The summed E-state index contributed by atoms with van der Waals surface area (Å²) in [6.07, 6.45) is 4.86. The van der Waals surface area contributed by atoms with Crippen LogP contribution in [0.3, 0.4) is 0 Å². The van der Waals surface area contributed by atoms with Crippen LogP contribution in [0.4, 0.5) is 4.79 Å². The maximum absolute atomic E-state index is 11.7. The van der Waals surface area contributed by atoms with E-state index >= 15 is 0 Å². The lowest BCUT2D eigenvalue weighted by molar-refractivity contribution is 0.234. The van der Waals surface area contributed by atoms with Crippen molar-refractivity contribution in [3.05, 3.63) is 0 Å². The predicted octanol–water partition coefficient (Wildman–Crippen LogP) is 0.00490. The number of carbonyl (C=O) groups excluding carboxylic acids is 1. The van der Waals surface area contributed by atoms with Gasteiger partial charge in [0, 0.05) is 18.6 Å². The zero-order valence-electron chi connectivity index (χ0n) is 11.2. The molecule has 19 heavy (non-hydrogen) atoms. The Labute approximate surface area is 114 Å². The van der Waals surface area contributed by atoms with Crippen molar-refractivity contribution in [1.29, 1.82) is 0 Å². The third-order valence-electron chi connectivity index (χ3n) is 3.72. The molecule has 7 heteroatoms. The van der Waals surface area contributed by atoms with Crippen molar-refractivity contribution >= 4 is 15.9 Å². The van der Waals surface area contributed by atoms with Crippen LogP contribution in [0.25, 0.3) is 0 Å². The summed E-state index contributed by atoms with van der Waals surface area (Å²) in [5.74, 6) is 0.320. The van der Waals surface area contributed by atoms with Crippen LogP contribution in [0.15, 0.2) is 0 Å². The molecule has 2 amide bonds. The summed E-state index contributed by atoms with van der Waals surface area (Å²) in [7, 11) is -2.97. The number of nitrogens with one attached hydrogen (secondary N) is 3. The third kappa shape index (κ3) is 4.99. The molecule has 2 heterocycles. The molecule has 0 aromatic heterocycles. The van der Waals surface area contributed by atoms with E-state index in [2.05, 4.69) is 16.0 Å². The highest BCUT2D eigenvalue weighted by Crippen LogP contribution is 2.11. The van der Waals surface area contributed by atoms with Crippen molar-refractivity contribution in [1.82, 2.24) is 16.0 Å². The minimum absolute atomic E-state index is 0.0715. The molecule has 0 saturated carbocycles. The Hall–Kier alpha value is -0.820. The zero-order chi connectivity index (χ0) is 13.7. The normalized spacial score (nSPS) is 30.5. The van der Waals surface area contributed by atoms with Gasteiger partial charge in [-0.2, -0.15) is 0 Å². The van der Waals surface area contributed by atoms with Crippen molar-refractivity contribution in [2.24, 2.45) is 0 Å². The smallest absolute Gasteiger partial charge is 0.315 e. The maximum Gasteiger partial charge on any atom is 0.315 e. The van der Waals surface area contributed by atoms with Crippen LogP contribution < -0.4 is 16.0 Å². The van der Waals surface area contributed by atoms with Gasteiger partial charge in [-0.15, -0.1) is 0 Å². The summed E-state index contributed by atoms with van der Waals surface area (Å²) in [6, 6.07) is -0.151. The summed E-state index contributed by atoms with van der Waals surface area (Å²) >= 11 is 0. The molecule has 0 aliphatic carbocycles. The number of amides is 2. The van der Waals surface area contributed by atoms with E-state index in [0.717, 1.165) is 19.4 Å². The van der Waals surface area contributed by atoms with Gasteiger partial charge in [-0.05, 0) is 32.2 Å². The average Bonchev–Trinajstić information content (AvgIpc) is 2.36. The average molecular weight is 289 g/mol. The van der Waals surface area contributed by atoms with E-state index in [-0.39, 0.29) is 23.6 Å². The Morgan fingerprint density at radius 2 is 2.05 bits per heavy atom. The molecule has 0 radical (unpaired) electrons. The van der Waals surface area contributed by atoms with E-state index in [0.29, 0.717) is 19.0 Å². The molecule has 6 nitrogen and oxygen atoms in total. The highest BCUT2D eigenvalue weighted by molar-refractivity contribution is 7.91. The van der Waals surface area contributed by atoms with Crippen LogP contribution in [-0.4, -0.2) is 51.1 Å². The van der Waals surface area contributed by atoms with Gasteiger partial charge in [-0.25, -0.2) is 13.2 Å². The topological polar surface area (TPSA) is 87.3 Å². The van der Waals surface area contributed by atoms with Gasteiger partial charge in [0.1, 0.15) is 0 Å². The molecular formula is C12H23N3O3S. The van der Waals surface area contributed by atoms with Gasteiger partial charge in [-0.1, -0.05) is 6.42 Å². The van der Waals surface area contributed by atoms with E-state index in [1.165, 1.54) is 12.8 Å². The van der Waals surface area contributed by atoms with Gasteiger partial charge in [0.25, 0.3) is 0 Å². The lowest BCUT2D eigenvalue weighted by atomic mass is 10.1. The number of urea groups is 1. The van der Waals surface area contributed by atoms with Crippen molar-refractivity contribution < 1.29 is 13.2 Å². The van der Waals surface area contributed by atoms with Crippen molar-refractivity contribution in [3.63, 3.8) is 0 Å². The maximum atomic E-state index is 11.7. The van der Waals surface area contributed by atoms with Crippen LogP contribution in [0.2, 0.25) is 0 Å². The molecular weight excluding hydrogens is 266 g/mol. The molecule has 2 atom stereocenters. The molecule has 0 bridgehead atoms. The minimum atomic E-state index is -2.97. The summed E-state index contributed by atoms with van der Waals surface area (Å²) in [5, 5.41) is 8.93. The lowest BCUT2D eigenvalue weighted by Gasteiger charge is -2.26. The van der Waals surface area contributed by atoms with Crippen LogP contribution >= 0.6 is 0 Å². The molecule has 3 N–H and O–H groups in total. The fraction of sp³-hybridized carbons (Fsp3) is 0.917. The van der Waals surface area contributed by atoms with E-state index in [1.807, 2.05) is 0 Å². The molecule has 0 aromatic carbocycles. The van der Waals surface area contributed by atoms with Crippen LogP contribution in [0.5, 0.6) is 0 Å². The fourth-order valence-electron chi connectivity index (χ4n) is 2.69. The SMILES string of the molecule is O=C(NCC1CCCCN1)NC1CCCS(=O)(=O)C1. The molecule has 2 unspecified atom stereocenters. The first kappa shape index (κ1) is 14.6. The summed E-state index contributed by atoms with van der Waals surface area (Å²) in [6.45, 7) is 1.61. The second kappa shape index (κ2) is 6.56. The van der Waals surface area contributed by atoms with E-state index in [9.17, 15) is 13.2 Å². The standard InChI is InChI=1S/C12H23N3O3S/c16-12(14-8-10-4-1-2-6-13-10)15-11-5-3-7-19(17,18)9-11/h10-11,13H,1-9H2,(H2,14,15,16). The van der Waals surface area contributed by atoms with Crippen molar-refractivity contribution in [2.45, 2.75) is 44.2 Å². The Balaban J connectivity index is 1.69. The number of hydrogen-bond donors (Lipinski definition) is 3. The Morgan fingerprint density at radius 1 is 1.21 bits per heavy atom. The predicted molar refractivity (Wildman–Crippen MR) is 73.9 cm³/mol. The fourth-order valence-corrected chi connectivity index (χ4v) is 4.32. The second-order valence-corrected chi connectivity index (χ2v) is 7.68. The number of sulfone groups is 1. The lowest BCUT2D eigenvalue weighted by Crippen LogP contribution is -2.50. The van der Waals surface area contributed by atoms with Gasteiger partial charge in [-0.3, -0.25) is 0 Å². The van der Waals surface area contributed by atoms with Gasteiger partial charge >= 0.3 is 6.03 Å². The minimum Gasteiger partial charge on any atom is -0.337 e. The molecule has 110 valence electrons. The first-order chi connectivity index (χ1) is 9.05. The summed E-state index contributed by atoms with van der Waals surface area (Å²) < 4.78 is 22.9. The highest BCUT2D eigenvalue weighted by Gasteiger charge is 2.25. The highest BCUT2D eigenvalue weighted by atomic mass is 32.2. The molecule has 2 rings (SSSR count). The van der Waals surface area contributed by atoms with Gasteiger partial charge in [0.05, 0.1) is 11.5 Å². The largest absolute Gasteiger partial charge is 0.337 e. The summed E-state index contributed by atoms with van der Waals surface area (Å²) in [4.78, 5) is 11.7. The molecule has 2 saturated heterocycles. The number of carbonyl (C=O) groups is 1. The second-order valence-electron chi connectivity index (χ2n) is 5.45. The Kier molecular flexibility index (Phi) is 5.04. The first-order valence-corrected chi connectivity index (χ1v) is 8.85. The van der Waals surface area contributed by atoms with Crippen LogP contribution in [0, 0.1) is 0 Å². The number of piperidine rings is 1. The molecule has 2 aliphatic rings. The molecule has 0 spiro atoms. The van der Waals surface area contributed by atoms with Crippen LogP contribution in [-0.2, 0) is 9.84 Å². The number of hydrogen-bond acceptors (Lipinski definition) is 4.